The molecular formula is C19H17N5O4. The highest BCUT2D eigenvalue weighted by molar-refractivity contribution is 5.74. The van der Waals surface area contributed by atoms with Gasteiger partial charge in [0, 0.05) is 18.3 Å². The summed E-state index contributed by atoms with van der Waals surface area (Å²) < 4.78 is 11.0. The van der Waals surface area contributed by atoms with Gasteiger partial charge in [-0.1, -0.05) is 30.3 Å². The summed E-state index contributed by atoms with van der Waals surface area (Å²) in [6.45, 7) is 1.35. The molecule has 9 heteroatoms. The zero-order chi connectivity index (χ0) is 19.3. The molecule has 1 aliphatic heterocycles. The lowest BCUT2D eigenvalue weighted by Crippen LogP contribution is -2.15. The number of nitro groups is 1. The zero-order valence-electron chi connectivity index (χ0n) is 14.8. The topological polar surface area (TPSA) is 111 Å². The van der Waals surface area contributed by atoms with Crippen molar-refractivity contribution in [2.45, 2.75) is 6.54 Å². The van der Waals surface area contributed by atoms with Gasteiger partial charge in [0.25, 0.3) is 0 Å². The number of nitrogens with zero attached hydrogens (tertiary/aromatic N) is 3. The van der Waals surface area contributed by atoms with Crippen molar-refractivity contribution >= 4 is 23.0 Å². The lowest BCUT2D eigenvalue weighted by molar-refractivity contribution is -0.383. The van der Waals surface area contributed by atoms with Crippen LogP contribution in [0, 0.1) is 10.1 Å². The maximum Gasteiger partial charge on any atom is 0.353 e. The average Bonchev–Trinajstić information content (AvgIpc) is 2.73. The molecule has 3 aromatic rings. The summed E-state index contributed by atoms with van der Waals surface area (Å²) in [5.41, 5.74) is 1.35. The normalized spacial score (nSPS) is 12.3. The van der Waals surface area contributed by atoms with Crippen LogP contribution in [0.4, 0.5) is 23.0 Å². The Morgan fingerprint density at radius 1 is 1.00 bits per heavy atom. The summed E-state index contributed by atoms with van der Waals surface area (Å²) in [7, 11) is 0. The van der Waals surface area contributed by atoms with Gasteiger partial charge in [0.2, 0.25) is 11.6 Å². The second kappa shape index (κ2) is 7.78. The van der Waals surface area contributed by atoms with Crippen molar-refractivity contribution in [1.29, 1.82) is 0 Å². The number of aromatic nitrogens is 2. The monoisotopic (exact) mass is 379 g/mol. The first-order chi connectivity index (χ1) is 13.7. The largest absolute Gasteiger partial charge is 0.486 e. The van der Waals surface area contributed by atoms with Crippen LogP contribution in [0.1, 0.15) is 5.56 Å². The van der Waals surface area contributed by atoms with E-state index in [1.165, 1.54) is 6.33 Å². The average molecular weight is 379 g/mol. The van der Waals surface area contributed by atoms with Gasteiger partial charge in [-0.25, -0.2) is 9.97 Å². The molecule has 0 bridgehead atoms. The van der Waals surface area contributed by atoms with E-state index in [0.29, 0.717) is 36.9 Å². The highest BCUT2D eigenvalue weighted by atomic mass is 16.6. The van der Waals surface area contributed by atoms with E-state index in [2.05, 4.69) is 20.6 Å². The molecule has 0 spiro atoms. The van der Waals surface area contributed by atoms with E-state index in [9.17, 15) is 10.1 Å². The molecule has 4 rings (SSSR count). The summed E-state index contributed by atoms with van der Waals surface area (Å²) in [4.78, 5) is 19.3. The lowest BCUT2D eigenvalue weighted by atomic mass is 10.2. The third-order valence-corrected chi connectivity index (χ3v) is 4.11. The quantitative estimate of drug-likeness (QED) is 0.494. The number of nitrogens with one attached hydrogen (secondary N) is 2. The van der Waals surface area contributed by atoms with Crippen LogP contribution in [-0.4, -0.2) is 28.1 Å². The molecular weight excluding hydrogens is 362 g/mol. The van der Waals surface area contributed by atoms with Gasteiger partial charge in [-0.2, -0.15) is 0 Å². The van der Waals surface area contributed by atoms with Crippen LogP contribution in [-0.2, 0) is 6.54 Å². The smallest absolute Gasteiger partial charge is 0.353 e. The number of hydrogen-bond donors (Lipinski definition) is 2. The number of hydrogen-bond acceptors (Lipinski definition) is 8. The van der Waals surface area contributed by atoms with Gasteiger partial charge in [-0.05, 0) is 17.7 Å². The highest BCUT2D eigenvalue weighted by Gasteiger charge is 2.23. The van der Waals surface area contributed by atoms with Gasteiger partial charge in [0.15, 0.2) is 11.5 Å². The van der Waals surface area contributed by atoms with Crippen LogP contribution < -0.4 is 20.1 Å². The van der Waals surface area contributed by atoms with E-state index in [1.807, 2.05) is 30.3 Å². The van der Waals surface area contributed by atoms with Gasteiger partial charge >= 0.3 is 5.69 Å². The number of benzene rings is 2. The van der Waals surface area contributed by atoms with Crippen molar-refractivity contribution in [3.05, 3.63) is 70.5 Å². The third-order valence-electron chi connectivity index (χ3n) is 4.11. The Balaban J connectivity index is 1.59. The molecule has 0 fully saturated rings. The van der Waals surface area contributed by atoms with Gasteiger partial charge in [-0.15, -0.1) is 0 Å². The predicted octanol–water partition coefficient (Wildman–Crippen LogP) is 3.51. The number of fused-ring (bicyclic) bond motifs is 1. The molecule has 0 amide bonds. The minimum absolute atomic E-state index is 0.0900. The van der Waals surface area contributed by atoms with Crippen LogP contribution in [0.15, 0.2) is 54.9 Å². The Bertz CT molecular complexity index is 997. The van der Waals surface area contributed by atoms with E-state index >= 15 is 0 Å². The second-order valence-electron chi connectivity index (χ2n) is 6.00. The lowest BCUT2D eigenvalue weighted by Gasteiger charge is -2.19. The Labute approximate surface area is 160 Å². The third kappa shape index (κ3) is 3.78. The highest BCUT2D eigenvalue weighted by Crippen LogP contribution is 2.36. The van der Waals surface area contributed by atoms with Gasteiger partial charge in [0.1, 0.15) is 19.5 Å². The molecule has 1 aromatic heterocycles. The molecule has 2 aromatic carbocycles. The molecule has 9 nitrogen and oxygen atoms in total. The summed E-state index contributed by atoms with van der Waals surface area (Å²) in [5, 5.41) is 17.7. The van der Waals surface area contributed by atoms with E-state index in [0.717, 1.165) is 5.56 Å². The van der Waals surface area contributed by atoms with Crippen LogP contribution >= 0.6 is 0 Å². The number of anilines is 3. The maximum absolute atomic E-state index is 11.7. The molecule has 2 N–H and O–H groups in total. The molecule has 0 radical (unpaired) electrons. The Kier molecular flexibility index (Phi) is 4.87. The first kappa shape index (κ1) is 17.5. The van der Waals surface area contributed by atoms with Crippen molar-refractivity contribution in [2.75, 3.05) is 23.8 Å². The second-order valence-corrected chi connectivity index (χ2v) is 6.00. The summed E-state index contributed by atoms with van der Waals surface area (Å²) in [5.74, 6) is 1.45. The SMILES string of the molecule is O=[N+]([O-])c1c(NCc2ccccc2)ncnc1Nc1ccc2c(c1)OCCO2. The van der Waals surface area contributed by atoms with Crippen LogP contribution in [0.25, 0.3) is 0 Å². The van der Waals surface area contributed by atoms with Crippen molar-refractivity contribution in [3.8, 4) is 11.5 Å². The van der Waals surface area contributed by atoms with E-state index in [-0.39, 0.29) is 17.3 Å². The van der Waals surface area contributed by atoms with Crippen molar-refractivity contribution in [2.24, 2.45) is 0 Å². The van der Waals surface area contributed by atoms with Gasteiger partial charge in [-0.3, -0.25) is 10.1 Å². The molecule has 28 heavy (non-hydrogen) atoms. The predicted molar refractivity (Wildman–Crippen MR) is 103 cm³/mol. The van der Waals surface area contributed by atoms with Crippen LogP contribution in [0.3, 0.4) is 0 Å². The van der Waals surface area contributed by atoms with Crippen LogP contribution in [0.2, 0.25) is 0 Å². The molecule has 142 valence electrons. The number of ether oxygens (including phenoxy) is 2. The van der Waals surface area contributed by atoms with Gasteiger partial charge in [0.05, 0.1) is 4.92 Å². The Morgan fingerprint density at radius 2 is 1.75 bits per heavy atom. The van der Waals surface area contributed by atoms with E-state index < -0.39 is 4.92 Å². The van der Waals surface area contributed by atoms with E-state index in [1.54, 1.807) is 18.2 Å². The van der Waals surface area contributed by atoms with Crippen molar-refractivity contribution in [1.82, 2.24) is 9.97 Å². The molecule has 0 aliphatic carbocycles. The zero-order valence-corrected chi connectivity index (χ0v) is 14.8. The minimum atomic E-state index is -0.506. The standard InChI is InChI=1S/C19H17N5O4/c25-24(26)17-18(20-11-13-4-2-1-3-5-13)21-12-22-19(17)23-14-6-7-15-16(10-14)28-9-8-27-15/h1-7,10,12H,8-9,11H2,(H2,20,21,22,23). The molecule has 0 unspecified atom stereocenters. The first-order valence-electron chi connectivity index (χ1n) is 8.64. The van der Waals surface area contributed by atoms with E-state index in [4.69, 9.17) is 9.47 Å². The molecule has 0 atom stereocenters. The minimum Gasteiger partial charge on any atom is -0.486 e. The summed E-state index contributed by atoms with van der Waals surface area (Å²) in [6.07, 6.45) is 1.28. The molecule has 0 saturated heterocycles. The fraction of sp³-hybridized carbons (Fsp3) is 0.158. The molecule has 0 saturated carbocycles. The fourth-order valence-corrected chi connectivity index (χ4v) is 2.81. The van der Waals surface area contributed by atoms with Crippen LogP contribution in [0.5, 0.6) is 11.5 Å². The molecule has 2 heterocycles. The van der Waals surface area contributed by atoms with Crippen molar-refractivity contribution < 1.29 is 14.4 Å². The Hall–Kier alpha value is -3.88. The molecule has 1 aliphatic rings. The first-order valence-corrected chi connectivity index (χ1v) is 8.64. The maximum atomic E-state index is 11.7. The number of rotatable bonds is 6. The van der Waals surface area contributed by atoms with Crippen molar-refractivity contribution in [3.63, 3.8) is 0 Å². The fourth-order valence-electron chi connectivity index (χ4n) is 2.81. The summed E-state index contributed by atoms with van der Waals surface area (Å²) in [6, 6.07) is 14.8. The van der Waals surface area contributed by atoms with Gasteiger partial charge < -0.3 is 20.1 Å². The Morgan fingerprint density at radius 3 is 2.54 bits per heavy atom. The summed E-state index contributed by atoms with van der Waals surface area (Å²) >= 11 is 0.